The number of carbonyl (C=O) groups is 4. The number of aromatic hydroxyl groups is 1. The first-order valence-electron chi connectivity index (χ1n) is 20.6. The zero-order chi connectivity index (χ0) is 44.4. The minimum absolute atomic E-state index is 0.0765. The minimum atomic E-state index is -1.00. The lowest BCUT2D eigenvalue weighted by molar-refractivity contribution is -0.136. The van der Waals surface area contributed by atoms with Crippen molar-refractivity contribution in [2.45, 2.75) is 100 Å². The van der Waals surface area contributed by atoms with Crippen molar-refractivity contribution in [2.75, 3.05) is 32.9 Å². The Morgan fingerprint density at radius 1 is 1.02 bits per heavy atom. The molecule has 0 radical (unpaired) electrons. The van der Waals surface area contributed by atoms with Crippen LogP contribution in [0.1, 0.15) is 121 Å². The molecule has 2 atom stereocenters. The molecule has 60 heavy (non-hydrogen) atoms. The highest BCUT2D eigenvalue weighted by Crippen LogP contribution is 2.34. The van der Waals surface area contributed by atoms with Crippen LogP contribution in [0, 0.1) is 26.7 Å². The highest BCUT2D eigenvalue weighted by Gasteiger charge is 2.46. The average molecular weight is 843 g/mol. The van der Waals surface area contributed by atoms with Gasteiger partial charge in [-0.2, -0.15) is 10.2 Å². The van der Waals surface area contributed by atoms with E-state index in [1.54, 1.807) is 24.3 Å². The van der Waals surface area contributed by atoms with Crippen LogP contribution in [-0.4, -0.2) is 90.7 Å². The summed E-state index contributed by atoms with van der Waals surface area (Å²) in [5.41, 5.74) is 7.18. The predicted octanol–water partition coefficient (Wildman–Crippen LogP) is 8.12. The van der Waals surface area contributed by atoms with E-state index >= 15 is 0 Å². The Hall–Kier alpha value is -5.47. The summed E-state index contributed by atoms with van der Waals surface area (Å²) < 4.78 is 11.2. The fourth-order valence-corrected chi connectivity index (χ4v) is 7.49. The summed E-state index contributed by atoms with van der Waals surface area (Å²) in [4.78, 5) is 57.7. The van der Waals surface area contributed by atoms with Gasteiger partial charge in [-0.3, -0.25) is 34.4 Å². The number of aliphatic imine (C=N–C) groups is 1. The number of aryl methyl sites for hydroxylation is 2. The van der Waals surface area contributed by atoms with Crippen molar-refractivity contribution in [3.63, 3.8) is 0 Å². The van der Waals surface area contributed by atoms with E-state index in [2.05, 4.69) is 82.1 Å². The molecule has 0 saturated carbocycles. The van der Waals surface area contributed by atoms with E-state index in [4.69, 9.17) is 14.5 Å². The molecule has 5 rings (SSSR count). The molecule has 1 aromatic heterocycles. The smallest absolute Gasteiger partial charge is 0.266 e. The third-order valence-electron chi connectivity index (χ3n) is 10.1. The molecule has 2 aromatic carbocycles. The van der Waals surface area contributed by atoms with Crippen LogP contribution in [0.15, 0.2) is 69.4 Å². The zero-order valence-electron chi connectivity index (χ0n) is 36.6. The highest BCUT2D eigenvalue weighted by molar-refractivity contribution is 7.12. The van der Waals surface area contributed by atoms with Crippen molar-refractivity contribution in [1.82, 2.24) is 15.5 Å². The maximum Gasteiger partial charge on any atom is 0.266 e. The number of nitrogens with one attached hydrogen (secondary N) is 2. The lowest BCUT2D eigenvalue weighted by Crippen LogP contribution is -2.54. The summed E-state index contributed by atoms with van der Waals surface area (Å²) in [5, 5.41) is 22.1. The monoisotopic (exact) mass is 842 g/mol. The van der Waals surface area contributed by atoms with E-state index in [1.807, 2.05) is 37.3 Å². The number of hydrogen-bond donors (Lipinski definition) is 3. The van der Waals surface area contributed by atoms with E-state index in [0.29, 0.717) is 31.4 Å². The van der Waals surface area contributed by atoms with Gasteiger partial charge in [-0.15, -0.1) is 11.3 Å². The van der Waals surface area contributed by atoms with Crippen molar-refractivity contribution < 1.29 is 33.8 Å². The van der Waals surface area contributed by atoms with Crippen LogP contribution in [0.4, 0.5) is 0 Å². The molecular weight excluding hydrogens is 781 g/mol. The van der Waals surface area contributed by atoms with Crippen molar-refractivity contribution in [2.24, 2.45) is 21.1 Å². The second kappa shape index (κ2) is 24.6. The van der Waals surface area contributed by atoms with Crippen LogP contribution >= 0.6 is 11.3 Å². The van der Waals surface area contributed by atoms with Crippen LogP contribution in [0.2, 0.25) is 0 Å². The van der Waals surface area contributed by atoms with E-state index in [1.165, 1.54) is 26.9 Å². The number of rotatable bonds is 17. The number of piperidine rings is 1. The van der Waals surface area contributed by atoms with Gasteiger partial charge in [-0.25, -0.2) is 0 Å². The number of imide groups is 2. The van der Waals surface area contributed by atoms with Gasteiger partial charge in [-0.05, 0) is 108 Å². The van der Waals surface area contributed by atoms with Crippen molar-refractivity contribution >= 4 is 53.1 Å². The first-order chi connectivity index (χ1) is 28.7. The fraction of sp³-hybridized carbons (Fsp3) is 0.457. The van der Waals surface area contributed by atoms with Gasteiger partial charge in [0.15, 0.2) is 0 Å². The minimum Gasteiger partial charge on any atom is -0.508 e. The average Bonchev–Trinajstić information content (AvgIpc) is 3.63. The largest absolute Gasteiger partial charge is 0.508 e. The van der Waals surface area contributed by atoms with Gasteiger partial charge in [0.1, 0.15) is 24.1 Å². The maximum atomic E-state index is 13.0. The Bertz CT molecular complexity index is 2050. The number of fused-ring (bicyclic) bond motifs is 1. The molecule has 0 aliphatic carbocycles. The van der Waals surface area contributed by atoms with Crippen LogP contribution in [0.3, 0.4) is 0 Å². The highest BCUT2D eigenvalue weighted by atomic mass is 32.1. The van der Waals surface area contributed by atoms with Crippen molar-refractivity contribution in [3.8, 4) is 11.5 Å². The van der Waals surface area contributed by atoms with E-state index < -0.39 is 29.7 Å². The Morgan fingerprint density at radius 2 is 1.73 bits per heavy atom. The van der Waals surface area contributed by atoms with Gasteiger partial charge in [0.25, 0.3) is 11.8 Å². The van der Waals surface area contributed by atoms with E-state index in [0.717, 1.165) is 53.4 Å². The van der Waals surface area contributed by atoms with Gasteiger partial charge in [0, 0.05) is 58.5 Å². The van der Waals surface area contributed by atoms with Gasteiger partial charge in [0.05, 0.1) is 30.1 Å². The van der Waals surface area contributed by atoms with Crippen molar-refractivity contribution in [3.05, 3.63) is 91.8 Å². The number of amides is 4. The fourth-order valence-electron chi connectivity index (χ4n) is 6.42. The SMILES string of the molecule is C=N/N=C(/C)C(C)CC.CC/C=C(\C)NCCOCCOc1cccc2c1C(=O)N(C1CCC(=O)NC1=O)C2=O.CCCN=C(c1ccc(O)cc1)c1c(C)sc(C)c1C. The Balaban J connectivity index is 0.000000282. The molecule has 2 aliphatic rings. The number of carbonyl (C=O) groups excluding carboxylic acids is 4. The quantitative estimate of drug-likeness (QED) is 0.0529. The third kappa shape index (κ3) is 13.5. The summed E-state index contributed by atoms with van der Waals surface area (Å²) in [6.07, 6.45) is 5.40. The lowest BCUT2D eigenvalue weighted by Gasteiger charge is -2.27. The molecule has 324 valence electrons. The normalized spacial score (nSPS) is 16.0. The van der Waals surface area contributed by atoms with E-state index in [-0.39, 0.29) is 36.3 Å². The molecule has 2 aliphatic heterocycles. The molecule has 4 amide bonds. The molecule has 3 aromatic rings. The summed E-state index contributed by atoms with van der Waals surface area (Å²) >= 11 is 1.83. The van der Waals surface area contributed by atoms with Gasteiger partial charge < -0.3 is 19.9 Å². The number of thiophene rings is 1. The standard InChI is InChI=1S/C22H27N3O6.C17H21NOS.C7H14N2/c1-3-5-14(2)23-10-11-30-12-13-31-17-7-4-6-15-19(17)22(29)25(21(15)28)16-8-9-18(26)24-20(16)27;1-5-10-18-17(14-6-8-15(19)9-7-14)16-11(2)12(3)20-13(16)4;1-5-6(2)7(3)9-8-4/h4-7,16,23H,3,8-13H2,1-2H3,(H,24,26,27);6-9,19H,5,10H2,1-4H3;6H,4-5H2,1-3H3/b14-5+;;9-7-. The van der Waals surface area contributed by atoms with Gasteiger partial charge >= 0.3 is 0 Å². The molecule has 1 saturated heterocycles. The van der Waals surface area contributed by atoms with Crippen LogP contribution < -0.4 is 15.4 Å². The number of allylic oxidation sites excluding steroid dienone is 2. The zero-order valence-corrected chi connectivity index (χ0v) is 37.5. The molecule has 0 bridgehead atoms. The molecule has 2 unspecified atom stereocenters. The first-order valence-corrected chi connectivity index (χ1v) is 21.4. The molecule has 0 spiro atoms. The summed E-state index contributed by atoms with van der Waals surface area (Å²) in [6.45, 7) is 24.7. The topological polar surface area (TPSA) is 171 Å². The molecule has 3 heterocycles. The number of benzene rings is 2. The summed E-state index contributed by atoms with van der Waals surface area (Å²) in [5.74, 6) is -1.10. The molecule has 14 heteroatoms. The van der Waals surface area contributed by atoms with Gasteiger partial charge in [0.2, 0.25) is 11.8 Å². The second-order valence-electron chi connectivity index (χ2n) is 14.5. The van der Waals surface area contributed by atoms with E-state index in [9.17, 15) is 24.3 Å². The van der Waals surface area contributed by atoms with Crippen molar-refractivity contribution in [1.29, 1.82) is 0 Å². The lowest BCUT2D eigenvalue weighted by atomic mass is 9.98. The number of phenolic OH excluding ortho intramolecular Hbond substituents is 1. The van der Waals surface area contributed by atoms with Crippen LogP contribution in [0.25, 0.3) is 0 Å². The summed E-state index contributed by atoms with van der Waals surface area (Å²) in [7, 11) is 0. The maximum absolute atomic E-state index is 13.0. The third-order valence-corrected chi connectivity index (χ3v) is 11.2. The van der Waals surface area contributed by atoms with Crippen LogP contribution in [-0.2, 0) is 14.3 Å². The first kappa shape index (κ1) is 48.9. The number of hydrogen-bond acceptors (Lipinski definition) is 12. The number of phenols is 1. The van der Waals surface area contributed by atoms with Gasteiger partial charge in [-0.1, -0.05) is 39.8 Å². The van der Waals surface area contributed by atoms with Crippen LogP contribution in [0.5, 0.6) is 11.5 Å². The Kier molecular flexibility index (Phi) is 20.0. The second-order valence-corrected chi connectivity index (χ2v) is 15.9. The Labute approximate surface area is 359 Å². The molecular formula is C46H62N6O7S. The predicted molar refractivity (Wildman–Crippen MR) is 241 cm³/mol. The molecule has 1 fully saturated rings. The molecule has 3 N–H and O–H groups in total. The molecule has 13 nitrogen and oxygen atoms in total. The summed E-state index contributed by atoms with van der Waals surface area (Å²) in [6, 6.07) is 11.1. The number of nitrogens with zero attached hydrogens (tertiary/aromatic N) is 4. The number of ether oxygens (including phenoxy) is 2. The Morgan fingerprint density at radius 3 is 2.33 bits per heavy atom.